The Bertz CT molecular complexity index is 518. The number of hydrogen-bond acceptors (Lipinski definition) is 4. The number of hydrogen-bond donors (Lipinski definition) is 3. The molecule has 0 bridgehead atoms. The quantitative estimate of drug-likeness (QED) is 0.711. The lowest BCUT2D eigenvalue weighted by molar-refractivity contribution is -0.121. The van der Waals surface area contributed by atoms with Crippen molar-refractivity contribution >= 4 is 11.6 Å². The molecule has 1 aromatic carbocycles. The van der Waals surface area contributed by atoms with Gasteiger partial charge in [0.05, 0.1) is 19.3 Å². The Hall–Kier alpha value is -1.50. The fraction of sp³-hybridized carbons (Fsp3) is 0.562. The summed E-state index contributed by atoms with van der Waals surface area (Å²) >= 11 is 0. The van der Waals surface area contributed by atoms with E-state index in [1.165, 1.54) is 6.07 Å². The molecule has 6 heteroatoms. The van der Waals surface area contributed by atoms with Gasteiger partial charge in [-0.3, -0.25) is 9.69 Å². The van der Waals surface area contributed by atoms with E-state index in [1.807, 2.05) is 0 Å². The van der Waals surface area contributed by atoms with Crippen LogP contribution >= 0.6 is 0 Å². The van der Waals surface area contributed by atoms with Gasteiger partial charge in [-0.15, -0.1) is 0 Å². The SMILES string of the molecule is Cc1ccc(NC(=O)C(C)N(C)CC(C)(CO)CO)cc1F. The van der Waals surface area contributed by atoms with Crippen LogP contribution in [0.2, 0.25) is 0 Å². The molecular formula is C16H25FN2O3. The van der Waals surface area contributed by atoms with E-state index in [1.54, 1.807) is 44.9 Å². The minimum absolute atomic E-state index is 0.175. The number of carbonyl (C=O) groups excluding carboxylic acids is 1. The van der Waals surface area contributed by atoms with Crippen molar-refractivity contribution in [2.45, 2.75) is 26.8 Å². The fourth-order valence-electron chi connectivity index (χ4n) is 2.01. The van der Waals surface area contributed by atoms with Gasteiger partial charge in [0.2, 0.25) is 5.91 Å². The van der Waals surface area contributed by atoms with E-state index in [0.29, 0.717) is 17.8 Å². The lowest BCUT2D eigenvalue weighted by Gasteiger charge is -2.33. The number of anilines is 1. The van der Waals surface area contributed by atoms with Crippen LogP contribution in [0, 0.1) is 18.2 Å². The van der Waals surface area contributed by atoms with Crippen molar-refractivity contribution in [3.8, 4) is 0 Å². The molecule has 1 amide bonds. The Morgan fingerprint density at radius 3 is 2.50 bits per heavy atom. The largest absolute Gasteiger partial charge is 0.396 e. The molecule has 0 radical (unpaired) electrons. The average molecular weight is 312 g/mol. The molecule has 1 atom stereocenters. The topological polar surface area (TPSA) is 72.8 Å². The molecule has 0 fully saturated rings. The van der Waals surface area contributed by atoms with Crippen molar-refractivity contribution in [3.63, 3.8) is 0 Å². The molecule has 1 unspecified atom stereocenters. The van der Waals surface area contributed by atoms with E-state index in [-0.39, 0.29) is 24.9 Å². The molecule has 0 saturated heterocycles. The first-order valence-corrected chi connectivity index (χ1v) is 7.21. The predicted molar refractivity (Wildman–Crippen MR) is 84.1 cm³/mol. The monoisotopic (exact) mass is 312 g/mol. The number of aliphatic hydroxyl groups excluding tert-OH is 2. The maximum Gasteiger partial charge on any atom is 0.241 e. The summed E-state index contributed by atoms with van der Waals surface area (Å²) in [5.41, 5.74) is 0.240. The molecule has 0 aliphatic heterocycles. The Balaban J connectivity index is 2.69. The molecule has 0 aliphatic rings. The van der Waals surface area contributed by atoms with Crippen LogP contribution in [0.3, 0.4) is 0 Å². The van der Waals surface area contributed by atoms with Gasteiger partial charge in [-0.2, -0.15) is 0 Å². The first-order chi connectivity index (χ1) is 10.2. The number of aryl methyl sites for hydroxylation is 1. The lowest BCUT2D eigenvalue weighted by atomic mass is 9.92. The van der Waals surface area contributed by atoms with Crippen molar-refractivity contribution in [1.29, 1.82) is 0 Å². The molecule has 0 aliphatic carbocycles. The predicted octanol–water partition coefficient (Wildman–Crippen LogP) is 1.38. The van der Waals surface area contributed by atoms with Gasteiger partial charge >= 0.3 is 0 Å². The number of nitrogens with one attached hydrogen (secondary N) is 1. The van der Waals surface area contributed by atoms with Crippen LogP contribution < -0.4 is 5.32 Å². The van der Waals surface area contributed by atoms with E-state index in [9.17, 15) is 19.4 Å². The van der Waals surface area contributed by atoms with Crippen LogP contribution in [-0.4, -0.2) is 53.9 Å². The second-order valence-corrected chi connectivity index (χ2v) is 6.17. The molecular weight excluding hydrogens is 287 g/mol. The summed E-state index contributed by atoms with van der Waals surface area (Å²) in [6, 6.07) is 4.05. The number of rotatable bonds is 7. The summed E-state index contributed by atoms with van der Waals surface area (Å²) in [7, 11) is 1.74. The third kappa shape index (κ3) is 4.76. The van der Waals surface area contributed by atoms with Gasteiger partial charge in [-0.25, -0.2) is 4.39 Å². The maximum absolute atomic E-state index is 13.5. The van der Waals surface area contributed by atoms with Crippen LogP contribution in [0.4, 0.5) is 10.1 Å². The highest BCUT2D eigenvalue weighted by Crippen LogP contribution is 2.18. The number of benzene rings is 1. The van der Waals surface area contributed by atoms with Crippen molar-refractivity contribution in [3.05, 3.63) is 29.6 Å². The maximum atomic E-state index is 13.5. The minimum Gasteiger partial charge on any atom is -0.396 e. The molecule has 0 spiro atoms. The molecule has 22 heavy (non-hydrogen) atoms. The molecule has 0 aromatic heterocycles. The molecule has 1 rings (SSSR count). The fourth-order valence-corrected chi connectivity index (χ4v) is 2.01. The van der Waals surface area contributed by atoms with E-state index >= 15 is 0 Å². The van der Waals surface area contributed by atoms with Gasteiger partial charge in [0, 0.05) is 17.6 Å². The third-order valence-electron chi connectivity index (χ3n) is 3.87. The van der Waals surface area contributed by atoms with Crippen molar-refractivity contribution < 1.29 is 19.4 Å². The molecule has 5 nitrogen and oxygen atoms in total. The Labute approximate surface area is 130 Å². The highest BCUT2D eigenvalue weighted by molar-refractivity contribution is 5.94. The highest BCUT2D eigenvalue weighted by Gasteiger charge is 2.28. The Kier molecular flexibility index (Phi) is 6.47. The van der Waals surface area contributed by atoms with Crippen LogP contribution in [0.25, 0.3) is 0 Å². The van der Waals surface area contributed by atoms with Crippen molar-refractivity contribution in [2.75, 3.05) is 32.1 Å². The summed E-state index contributed by atoms with van der Waals surface area (Å²) in [5, 5.41) is 21.3. The minimum atomic E-state index is -0.681. The molecule has 3 N–H and O–H groups in total. The molecule has 0 saturated carbocycles. The smallest absolute Gasteiger partial charge is 0.241 e. The number of halogens is 1. The van der Waals surface area contributed by atoms with Crippen molar-refractivity contribution in [2.24, 2.45) is 5.41 Å². The zero-order valence-corrected chi connectivity index (χ0v) is 13.6. The van der Waals surface area contributed by atoms with Crippen LogP contribution in [0.5, 0.6) is 0 Å². The second-order valence-electron chi connectivity index (χ2n) is 6.17. The van der Waals surface area contributed by atoms with Crippen LogP contribution in [-0.2, 0) is 4.79 Å². The zero-order valence-electron chi connectivity index (χ0n) is 13.6. The number of likely N-dealkylation sites (N-methyl/N-ethyl adjacent to an activating group) is 1. The Morgan fingerprint density at radius 2 is 2.00 bits per heavy atom. The first-order valence-electron chi connectivity index (χ1n) is 7.21. The van der Waals surface area contributed by atoms with E-state index in [4.69, 9.17) is 0 Å². The standard InChI is InChI=1S/C16H25FN2O3/c1-11-5-6-13(7-14(11)17)18-15(22)12(2)19(4)8-16(3,9-20)10-21/h5-7,12,20-21H,8-10H2,1-4H3,(H,18,22). The Morgan fingerprint density at radius 1 is 1.41 bits per heavy atom. The molecule has 124 valence electrons. The molecule has 1 aromatic rings. The summed E-state index contributed by atoms with van der Waals surface area (Å²) in [5.74, 6) is -0.643. The number of aliphatic hydroxyl groups is 2. The number of amides is 1. The lowest BCUT2D eigenvalue weighted by Crippen LogP contribution is -2.46. The van der Waals surface area contributed by atoms with Gasteiger partial charge in [0.1, 0.15) is 5.82 Å². The van der Waals surface area contributed by atoms with Gasteiger partial charge in [-0.1, -0.05) is 13.0 Å². The summed E-state index contributed by atoms with van der Waals surface area (Å²) in [6.07, 6.45) is 0. The van der Waals surface area contributed by atoms with E-state index < -0.39 is 11.5 Å². The first kappa shape index (κ1) is 18.5. The highest BCUT2D eigenvalue weighted by atomic mass is 19.1. The van der Waals surface area contributed by atoms with E-state index in [0.717, 1.165) is 0 Å². The van der Waals surface area contributed by atoms with Crippen LogP contribution in [0.15, 0.2) is 18.2 Å². The normalized spacial score (nSPS) is 13.3. The summed E-state index contributed by atoms with van der Waals surface area (Å²) in [4.78, 5) is 14.0. The zero-order chi connectivity index (χ0) is 16.9. The van der Waals surface area contributed by atoms with Gasteiger partial charge in [0.15, 0.2) is 0 Å². The average Bonchev–Trinajstić information content (AvgIpc) is 2.49. The summed E-state index contributed by atoms with van der Waals surface area (Å²) < 4.78 is 13.5. The van der Waals surface area contributed by atoms with Gasteiger partial charge < -0.3 is 15.5 Å². The van der Waals surface area contributed by atoms with Crippen molar-refractivity contribution in [1.82, 2.24) is 4.90 Å². The number of carbonyl (C=O) groups is 1. The van der Waals surface area contributed by atoms with Gasteiger partial charge in [-0.05, 0) is 38.6 Å². The summed E-state index contributed by atoms with van der Waals surface area (Å²) in [6.45, 7) is 5.12. The van der Waals surface area contributed by atoms with E-state index in [2.05, 4.69) is 5.32 Å². The second kappa shape index (κ2) is 7.67. The van der Waals surface area contributed by atoms with Crippen LogP contribution in [0.1, 0.15) is 19.4 Å². The van der Waals surface area contributed by atoms with Gasteiger partial charge in [0.25, 0.3) is 0 Å². The molecule has 0 heterocycles. The number of nitrogens with zero attached hydrogens (tertiary/aromatic N) is 1. The third-order valence-corrected chi connectivity index (χ3v) is 3.87.